The molecule has 1 aromatic rings. The average molecular weight is 250 g/mol. The normalized spacial score (nSPS) is 14.1. The Morgan fingerprint density at radius 1 is 1.56 bits per heavy atom. The largest absolute Gasteiger partial charge is 0.482 e. The molecule has 1 aromatic carbocycles. The molecule has 0 saturated carbocycles. The first-order chi connectivity index (χ1) is 8.58. The molecular formula is C12H14N2O4. The Bertz CT molecular complexity index is 487. The third-order valence-electron chi connectivity index (χ3n) is 2.72. The lowest BCUT2D eigenvalue weighted by Gasteiger charge is -2.26. The number of hydrogen-bond acceptors (Lipinski definition) is 4. The number of likely N-dealkylation sites (N-methyl/N-ethyl adjacent to an activating group) is 1. The lowest BCUT2D eigenvalue weighted by atomic mass is 10.1. The second-order valence-corrected chi connectivity index (χ2v) is 4.04. The van der Waals surface area contributed by atoms with E-state index >= 15 is 0 Å². The fourth-order valence-corrected chi connectivity index (χ4v) is 1.74. The molecule has 0 saturated heterocycles. The van der Waals surface area contributed by atoms with Crippen molar-refractivity contribution in [3.8, 4) is 5.75 Å². The molecular weight excluding hydrogens is 236 g/mol. The molecule has 6 heteroatoms. The van der Waals surface area contributed by atoms with Crippen LogP contribution in [0.15, 0.2) is 18.2 Å². The number of nitrogens with zero attached hydrogens (tertiary/aromatic N) is 1. The lowest BCUT2D eigenvalue weighted by Crippen LogP contribution is -2.35. The number of fused-ring (bicyclic) bond motifs is 1. The van der Waals surface area contributed by atoms with Gasteiger partial charge in [-0.1, -0.05) is 6.07 Å². The van der Waals surface area contributed by atoms with Gasteiger partial charge in [0.15, 0.2) is 6.61 Å². The van der Waals surface area contributed by atoms with Gasteiger partial charge in [-0.2, -0.15) is 0 Å². The second-order valence-electron chi connectivity index (χ2n) is 4.04. The number of hydrogen-bond donors (Lipinski definition) is 2. The minimum absolute atomic E-state index is 0.0557. The number of ether oxygens (including phenoxy) is 1. The maximum atomic E-state index is 11.5. The van der Waals surface area contributed by atoms with E-state index in [1.54, 1.807) is 18.0 Å². The number of carboxylic acid groups (broad SMARTS) is 1. The summed E-state index contributed by atoms with van der Waals surface area (Å²) < 4.78 is 5.30. The van der Waals surface area contributed by atoms with Gasteiger partial charge in [-0.05, 0) is 17.7 Å². The molecule has 6 nitrogen and oxygen atoms in total. The molecule has 1 aliphatic rings. The van der Waals surface area contributed by atoms with Crippen LogP contribution < -0.4 is 15.0 Å². The highest BCUT2D eigenvalue weighted by molar-refractivity contribution is 5.97. The topological polar surface area (TPSA) is 78.9 Å². The van der Waals surface area contributed by atoms with Gasteiger partial charge in [-0.3, -0.25) is 9.59 Å². The molecule has 1 heterocycles. The van der Waals surface area contributed by atoms with E-state index in [0.717, 1.165) is 5.56 Å². The van der Waals surface area contributed by atoms with Crippen molar-refractivity contribution in [2.45, 2.75) is 6.54 Å². The number of carbonyl (C=O) groups is 2. The lowest BCUT2D eigenvalue weighted by molar-refractivity contribution is -0.136. The summed E-state index contributed by atoms with van der Waals surface area (Å²) in [7, 11) is 1.69. The summed E-state index contributed by atoms with van der Waals surface area (Å²) in [6.07, 6.45) is 0. The van der Waals surface area contributed by atoms with Crippen LogP contribution in [0.4, 0.5) is 5.69 Å². The zero-order valence-electron chi connectivity index (χ0n) is 9.97. The van der Waals surface area contributed by atoms with E-state index in [-0.39, 0.29) is 19.1 Å². The highest BCUT2D eigenvalue weighted by Gasteiger charge is 2.22. The molecule has 96 valence electrons. The monoisotopic (exact) mass is 250 g/mol. The van der Waals surface area contributed by atoms with Crippen molar-refractivity contribution in [2.75, 3.05) is 25.1 Å². The van der Waals surface area contributed by atoms with Crippen molar-refractivity contribution in [2.24, 2.45) is 0 Å². The van der Waals surface area contributed by atoms with E-state index in [4.69, 9.17) is 9.84 Å². The van der Waals surface area contributed by atoms with Gasteiger partial charge in [-0.25, -0.2) is 0 Å². The minimum Gasteiger partial charge on any atom is -0.482 e. The number of anilines is 1. The van der Waals surface area contributed by atoms with E-state index in [1.807, 2.05) is 12.1 Å². The van der Waals surface area contributed by atoms with Crippen LogP contribution in [0.1, 0.15) is 5.56 Å². The molecule has 0 atom stereocenters. The van der Waals surface area contributed by atoms with E-state index in [1.165, 1.54) is 0 Å². The van der Waals surface area contributed by atoms with Crippen molar-refractivity contribution in [1.29, 1.82) is 0 Å². The quantitative estimate of drug-likeness (QED) is 0.799. The fourth-order valence-electron chi connectivity index (χ4n) is 1.74. The van der Waals surface area contributed by atoms with Crippen molar-refractivity contribution >= 4 is 17.6 Å². The Balaban J connectivity index is 2.11. The van der Waals surface area contributed by atoms with Crippen LogP contribution in [0.25, 0.3) is 0 Å². The highest BCUT2D eigenvalue weighted by Crippen LogP contribution is 2.31. The van der Waals surface area contributed by atoms with Crippen LogP contribution >= 0.6 is 0 Å². The van der Waals surface area contributed by atoms with E-state index in [2.05, 4.69) is 5.32 Å². The summed E-state index contributed by atoms with van der Waals surface area (Å²) >= 11 is 0. The van der Waals surface area contributed by atoms with Crippen LogP contribution in [0, 0.1) is 0 Å². The molecule has 2 rings (SSSR count). The van der Waals surface area contributed by atoms with Gasteiger partial charge in [-0.15, -0.1) is 0 Å². The highest BCUT2D eigenvalue weighted by atomic mass is 16.5. The molecule has 0 radical (unpaired) electrons. The van der Waals surface area contributed by atoms with Crippen molar-refractivity contribution in [1.82, 2.24) is 5.32 Å². The summed E-state index contributed by atoms with van der Waals surface area (Å²) in [6, 6.07) is 5.45. The molecule has 18 heavy (non-hydrogen) atoms. The summed E-state index contributed by atoms with van der Waals surface area (Å²) in [5.74, 6) is -0.333. The third-order valence-corrected chi connectivity index (χ3v) is 2.72. The number of nitrogens with one attached hydrogen (secondary N) is 1. The molecule has 0 aliphatic carbocycles. The number of amides is 1. The van der Waals surface area contributed by atoms with Crippen LogP contribution in [0.3, 0.4) is 0 Å². The third kappa shape index (κ3) is 2.60. The van der Waals surface area contributed by atoms with Crippen molar-refractivity contribution in [3.05, 3.63) is 23.8 Å². The van der Waals surface area contributed by atoms with E-state index in [9.17, 15) is 9.59 Å². The van der Waals surface area contributed by atoms with E-state index < -0.39 is 5.97 Å². The predicted molar refractivity (Wildman–Crippen MR) is 64.7 cm³/mol. The van der Waals surface area contributed by atoms with Gasteiger partial charge < -0.3 is 20.1 Å². The van der Waals surface area contributed by atoms with Gasteiger partial charge in [0, 0.05) is 13.6 Å². The summed E-state index contributed by atoms with van der Waals surface area (Å²) in [4.78, 5) is 23.4. The van der Waals surface area contributed by atoms with Gasteiger partial charge in [0.25, 0.3) is 5.91 Å². The van der Waals surface area contributed by atoms with Crippen LogP contribution in [0.5, 0.6) is 5.75 Å². The Morgan fingerprint density at radius 3 is 3.06 bits per heavy atom. The van der Waals surface area contributed by atoms with Crippen molar-refractivity contribution < 1.29 is 19.4 Å². The summed E-state index contributed by atoms with van der Waals surface area (Å²) in [5.41, 5.74) is 1.61. The molecule has 2 N–H and O–H groups in total. The number of benzene rings is 1. The van der Waals surface area contributed by atoms with Gasteiger partial charge in [0.1, 0.15) is 5.75 Å². The molecule has 0 fully saturated rings. The Hall–Kier alpha value is -2.08. The average Bonchev–Trinajstić information content (AvgIpc) is 2.34. The standard InChI is InChI=1S/C12H14N2O4/c1-14-9-4-8(5-13-6-12(16)17)2-3-10(9)18-7-11(14)15/h2-4,13H,5-7H2,1H3,(H,16,17). The van der Waals surface area contributed by atoms with E-state index in [0.29, 0.717) is 18.0 Å². The van der Waals surface area contributed by atoms with Gasteiger partial charge in [0.2, 0.25) is 0 Å². The SMILES string of the molecule is CN1C(=O)COc2ccc(CNCC(=O)O)cc21. The van der Waals surface area contributed by atoms with Gasteiger partial charge >= 0.3 is 5.97 Å². The first-order valence-electron chi connectivity index (χ1n) is 5.52. The predicted octanol–water partition coefficient (Wildman–Crippen LogP) is 0.216. The van der Waals surface area contributed by atoms with Crippen LogP contribution in [-0.2, 0) is 16.1 Å². The number of aliphatic carboxylic acids is 1. The zero-order valence-corrected chi connectivity index (χ0v) is 9.97. The summed E-state index contributed by atoms with van der Waals surface area (Å²) in [5, 5.41) is 11.3. The molecule has 0 spiro atoms. The number of carboxylic acids is 1. The van der Waals surface area contributed by atoms with Crippen LogP contribution in [0.2, 0.25) is 0 Å². The molecule has 0 unspecified atom stereocenters. The fraction of sp³-hybridized carbons (Fsp3) is 0.333. The first kappa shape index (κ1) is 12.4. The Labute approximate surface area is 104 Å². The Morgan fingerprint density at radius 2 is 2.33 bits per heavy atom. The van der Waals surface area contributed by atoms with Gasteiger partial charge in [0.05, 0.1) is 12.2 Å². The Kier molecular flexibility index (Phi) is 3.47. The van der Waals surface area contributed by atoms with Crippen molar-refractivity contribution in [3.63, 3.8) is 0 Å². The molecule has 0 aromatic heterocycles. The first-order valence-corrected chi connectivity index (χ1v) is 5.52. The minimum atomic E-state index is -0.899. The number of rotatable bonds is 4. The number of carbonyl (C=O) groups excluding carboxylic acids is 1. The van der Waals surface area contributed by atoms with Crippen LogP contribution in [-0.4, -0.2) is 37.2 Å². The maximum absolute atomic E-state index is 11.5. The smallest absolute Gasteiger partial charge is 0.317 e. The summed E-state index contributed by atoms with van der Waals surface area (Å²) in [6.45, 7) is 0.393. The maximum Gasteiger partial charge on any atom is 0.317 e. The zero-order chi connectivity index (χ0) is 13.1. The second kappa shape index (κ2) is 5.05. The molecule has 1 amide bonds. The molecule has 1 aliphatic heterocycles. The molecule has 0 bridgehead atoms.